The first kappa shape index (κ1) is 21.0. The number of carbonyl (C=O) groups excluding carboxylic acids is 3. The quantitative estimate of drug-likeness (QED) is 0.471. The zero-order chi connectivity index (χ0) is 23.3. The van der Waals surface area contributed by atoms with E-state index in [1.807, 2.05) is 6.07 Å². The average molecular weight is 461 g/mol. The van der Waals surface area contributed by atoms with Gasteiger partial charge in [0.1, 0.15) is 22.8 Å². The molecule has 1 heterocycles. The zero-order valence-corrected chi connectivity index (χ0v) is 18.5. The van der Waals surface area contributed by atoms with Gasteiger partial charge in [0.05, 0.1) is 28.3 Å². The number of Topliss-reactive ketones (excluding diaryl/α,β-unsaturated/α-hetero) is 2. The number of rotatable bonds is 4. The maximum atomic E-state index is 13.8. The van der Waals surface area contributed by atoms with E-state index >= 15 is 0 Å². The molecule has 1 aromatic heterocycles. The number of carbonyl (C=O) groups is 3. The molecule has 164 valence electrons. The lowest BCUT2D eigenvalue weighted by molar-refractivity contribution is 0.0521. The monoisotopic (exact) mass is 460 g/mol. The van der Waals surface area contributed by atoms with E-state index in [0.717, 1.165) is 0 Å². The van der Waals surface area contributed by atoms with Crippen LogP contribution < -0.4 is 4.74 Å². The first-order valence-corrected chi connectivity index (χ1v) is 10.7. The molecule has 0 atom stereocenters. The van der Waals surface area contributed by atoms with Crippen LogP contribution in [0, 0.1) is 6.92 Å². The molecular formula is C26H17ClO6. The van der Waals surface area contributed by atoms with Crippen LogP contribution in [0.1, 0.15) is 55.1 Å². The molecule has 0 radical (unpaired) electrons. The van der Waals surface area contributed by atoms with Crippen molar-refractivity contribution >= 4 is 39.9 Å². The molecule has 0 N–H and O–H groups in total. The summed E-state index contributed by atoms with van der Waals surface area (Å²) in [4.78, 5) is 39.9. The molecule has 0 fully saturated rings. The highest BCUT2D eigenvalue weighted by molar-refractivity contribution is 6.55. The fourth-order valence-corrected chi connectivity index (χ4v) is 4.43. The van der Waals surface area contributed by atoms with Crippen molar-refractivity contribution in [2.45, 2.75) is 13.8 Å². The minimum absolute atomic E-state index is 0.00748. The van der Waals surface area contributed by atoms with Gasteiger partial charge >= 0.3 is 5.97 Å². The summed E-state index contributed by atoms with van der Waals surface area (Å²) >= 11 is 6.65. The van der Waals surface area contributed by atoms with E-state index in [2.05, 4.69) is 0 Å². The molecule has 0 spiro atoms. The first-order valence-electron chi connectivity index (χ1n) is 10.3. The van der Waals surface area contributed by atoms with E-state index in [-0.39, 0.29) is 51.2 Å². The van der Waals surface area contributed by atoms with Crippen molar-refractivity contribution in [2.24, 2.45) is 0 Å². The highest BCUT2D eigenvalue weighted by atomic mass is 35.5. The second kappa shape index (κ2) is 7.90. The Labute approximate surface area is 194 Å². The van der Waals surface area contributed by atoms with Crippen molar-refractivity contribution in [1.82, 2.24) is 0 Å². The van der Waals surface area contributed by atoms with E-state index in [9.17, 15) is 14.4 Å². The Kier molecular flexibility index (Phi) is 5.02. The summed E-state index contributed by atoms with van der Waals surface area (Å²) in [6, 6.07) is 15.7. The van der Waals surface area contributed by atoms with E-state index < -0.39 is 17.5 Å². The molecule has 0 amide bonds. The van der Waals surface area contributed by atoms with Crippen LogP contribution in [-0.4, -0.2) is 24.1 Å². The van der Waals surface area contributed by atoms with Gasteiger partial charge in [-0.2, -0.15) is 0 Å². The van der Waals surface area contributed by atoms with Gasteiger partial charge in [-0.05, 0) is 26.0 Å². The average Bonchev–Trinajstić information content (AvgIpc) is 3.18. The van der Waals surface area contributed by atoms with Gasteiger partial charge in [-0.1, -0.05) is 54.1 Å². The van der Waals surface area contributed by atoms with Crippen molar-refractivity contribution < 1.29 is 28.3 Å². The topological polar surface area (TPSA) is 82.8 Å². The standard InChI is InChI=1S/C26H17ClO6/c1-3-31-26(30)17-13(2)32-25-19(17)23(29)20-18(21(25)27)22(28)15-11-7-8-12-16(15)24(20)33-14-9-5-4-6-10-14/h4-12H,3H2,1-2H3. The molecule has 0 unspecified atom stereocenters. The predicted molar refractivity (Wildman–Crippen MR) is 121 cm³/mol. The largest absolute Gasteiger partial charge is 0.462 e. The Morgan fingerprint density at radius 2 is 1.61 bits per heavy atom. The molecule has 2 aliphatic carbocycles. The second-order valence-electron chi connectivity index (χ2n) is 7.47. The van der Waals surface area contributed by atoms with Gasteiger partial charge in [0, 0.05) is 11.1 Å². The minimum atomic E-state index is -0.699. The minimum Gasteiger partial charge on any atom is -0.462 e. The smallest absolute Gasteiger partial charge is 0.342 e. The number of para-hydroxylation sites is 1. The normalized spacial score (nSPS) is 14.6. The highest BCUT2D eigenvalue weighted by Gasteiger charge is 2.45. The summed E-state index contributed by atoms with van der Waals surface area (Å²) in [5, 5.41) is -0.0492. The molecule has 0 saturated carbocycles. The number of hydrogen-bond acceptors (Lipinski definition) is 6. The molecule has 2 aliphatic rings. The fourth-order valence-electron chi connectivity index (χ4n) is 4.12. The van der Waals surface area contributed by atoms with Crippen LogP contribution >= 0.6 is 11.6 Å². The summed E-state index contributed by atoms with van der Waals surface area (Å²) in [5.74, 6) is -0.876. The van der Waals surface area contributed by atoms with Gasteiger partial charge in [-0.3, -0.25) is 9.59 Å². The summed E-state index contributed by atoms with van der Waals surface area (Å²) in [6.07, 6.45) is 0. The van der Waals surface area contributed by atoms with E-state index in [1.165, 1.54) is 0 Å². The van der Waals surface area contributed by atoms with Crippen LogP contribution in [-0.2, 0) is 4.74 Å². The molecule has 0 saturated heterocycles. The zero-order valence-electron chi connectivity index (χ0n) is 17.7. The van der Waals surface area contributed by atoms with Gasteiger partial charge in [-0.25, -0.2) is 4.79 Å². The molecular weight excluding hydrogens is 444 g/mol. The number of fused-ring (bicyclic) bond motifs is 3. The lowest BCUT2D eigenvalue weighted by Crippen LogP contribution is -2.27. The molecule has 0 aliphatic heterocycles. The number of ether oxygens (including phenoxy) is 2. The van der Waals surface area contributed by atoms with E-state index in [0.29, 0.717) is 16.9 Å². The maximum Gasteiger partial charge on any atom is 0.342 e. The Hall–Kier alpha value is -3.90. The van der Waals surface area contributed by atoms with E-state index in [1.54, 1.807) is 62.4 Å². The van der Waals surface area contributed by atoms with Crippen molar-refractivity contribution in [1.29, 1.82) is 0 Å². The SMILES string of the molecule is CCOC(=O)c1c(C)oc2c1C(=O)C1=C(Oc3ccccc3)c3ccccc3C(=O)C1=C2Cl. The number of aryl methyl sites for hydroxylation is 1. The number of allylic oxidation sites excluding steroid dienone is 2. The third-order valence-electron chi connectivity index (χ3n) is 5.52. The maximum absolute atomic E-state index is 13.8. The predicted octanol–water partition coefficient (Wildman–Crippen LogP) is 5.60. The van der Waals surface area contributed by atoms with Gasteiger partial charge in [-0.15, -0.1) is 0 Å². The van der Waals surface area contributed by atoms with Crippen molar-refractivity contribution in [3.63, 3.8) is 0 Å². The van der Waals surface area contributed by atoms with Gasteiger partial charge < -0.3 is 13.9 Å². The second-order valence-corrected chi connectivity index (χ2v) is 7.85. The molecule has 7 heteroatoms. The number of esters is 1. The Morgan fingerprint density at radius 1 is 0.939 bits per heavy atom. The molecule has 5 rings (SSSR count). The molecule has 33 heavy (non-hydrogen) atoms. The number of ketones is 2. The number of halogens is 1. The Morgan fingerprint density at radius 3 is 2.30 bits per heavy atom. The van der Waals surface area contributed by atoms with Crippen LogP contribution in [0.5, 0.6) is 5.75 Å². The Bertz CT molecular complexity index is 1410. The highest BCUT2D eigenvalue weighted by Crippen LogP contribution is 2.47. The van der Waals surface area contributed by atoms with Gasteiger partial charge in [0.2, 0.25) is 5.78 Å². The summed E-state index contributed by atoms with van der Waals surface area (Å²) < 4.78 is 17.0. The first-order chi connectivity index (χ1) is 15.9. The molecule has 6 nitrogen and oxygen atoms in total. The number of benzene rings is 2. The van der Waals surface area contributed by atoms with Crippen LogP contribution in [0.2, 0.25) is 0 Å². The Balaban J connectivity index is 1.82. The van der Waals surface area contributed by atoms with Crippen LogP contribution in [0.4, 0.5) is 0 Å². The summed E-state index contributed by atoms with van der Waals surface area (Å²) in [6.45, 7) is 3.33. The third-order valence-corrected chi connectivity index (χ3v) is 5.88. The van der Waals surface area contributed by atoms with Crippen molar-refractivity contribution in [2.75, 3.05) is 6.61 Å². The van der Waals surface area contributed by atoms with Crippen LogP contribution in [0.25, 0.3) is 10.8 Å². The fraction of sp³-hybridized carbons (Fsp3) is 0.115. The van der Waals surface area contributed by atoms with E-state index in [4.69, 9.17) is 25.5 Å². The van der Waals surface area contributed by atoms with Crippen LogP contribution in [0.3, 0.4) is 0 Å². The third kappa shape index (κ3) is 3.14. The van der Waals surface area contributed by atoms with Crippen molar-refractivity contribution in [3.8, 4) is 5.75 Å². The van der Waals surface area contributed by atoms with Crippen molar-refractivity contribution in [3.05, 3.63) is 99.5 Å². The van der Waals surface area contributed by atoms with Gasteiger partial charge in [0.25, 0.3) is 0 Å². The number of furan rings is 1. The molecule has 3 aromatic rings. The lowest BCUT2D eigenvalue weighted by atomic mass is 9.78. The summed E-state index contributed by atoms with van der Waals surface area (Å²) in [5.41, 5.74) is 0.757. The van der Waals surface area contributed by atoms with Crippen LogP contribution in [0.15, 0.2) is 70.2 Å². The lowest BCUT2D eigenvalue weighted by Gasteiger charge is -2.27. The number of hydrogen-bond donors (Lipinski definition) is 0. The molecule has 2 aromatic carbocycles. The summed E-state index contributed by atoms with van der Waals surface area (Å²) in [7, 11) is 0. The molecule has 0 bridgehead atoms. The van der Waals surface area contributed by atoms with Gasteiger partial charge in [0.15, 0.2) is 11.5 Å².